The zero-order valence-corrected chi connectivity index (χ0v) is 9.23. The molecule has 0 aromatic heterocycles. The minimum absolute atomic E-state index is 0.00535. The normalized spacial score (nSPS) is 10.1. The number of aliphatic hydroxyl groups is 1. The molecule has 3 heteroatoms. The number of benzene rings is 1. The van der Waals surface area contributed by atoms with Crippen LogP contribution in [0.2, 0.25) is 0 Å². The van der Waals surface area contributed by atoms with Crippen molar-refractivity contribution in [2.45, 2.75) is 13.8 Å². The Balaban J connectivity index is 2.82. The van der Waals surface area contributed by atoms with E-state index in [1.807, 2.05) is 32.0 Å². The van der Waals surface area contributed by atoms with Gasteiger partial charge in [-0.3, -0.25) is 4.79 Å². The molecule has 0 saturated carbocycles. The van der Waals surface area contributed by atoms with Crippen LogP contribution >= 0.6 is 0 Å². The molecule has 0 unspecified atom stereocenters. The Morgan fingerprint density at radius 1 is 1.47 bits per heavy atom. The van der Waals surface area contributed by atoms with E-state index in [1.54, 1.807) is 11.0 Å². The van der Waals surface area contributed by atoms with Gasteiger partial charge in [0.1, 0.15) is 0 Å². The Morgan fingerprint density at radius 3 is 2.73 bits per heavy atom. The average molecular weight is 207 g/mol. The van der Waals surface area contributed by atoms with Crippen LogP contribution in [0.15, 0.2) is 24.3 Å². The fourth-order valence-electron chi connectivity index (χ4n) is 1.48. The van der Waals surface area contributed by atoms with Gasteiger partial charge in [0.25, 0.3) is 5.91 Å². The fraction of sp³-hybridized carbons (Fsp3) is 0.417. The predicted octanol–water partition coefficient (Wildman–Crippen LogP) is 1.45. The molecule has 0 aliphatic rings. The molecule has 1 rings (SSSR count). The lowest BCUT2D eigenvalue weighted by Gasteiger charge is -2.19. The SMILES string of the molecule is CCN(CCO)C(=O)c1cccc(C)c1. The van der Waals surface area contributed by atoms with E-state index < -0.39 is 0 Å². The maximum absolute atomic E-state index is 11.9. The van der Waals surface area contributed by atoms with Crippen LogP contribution in [0.1, 0.15) is 22.8 Å². The summed E-state index contributed by atoms with van der Waals surface area (Å²) in [5.41, 5.74) is 1.76. The molecule has 1 aromatic rings. The van der Waals surface area contributed by atoms with Crippen molar-refractivity contribution < 1.29 is 9.90 Å². The van der Waals surface area contributed by atoms with E-state index in [9.17, 15) is 4.79 Å². The van der Waals surface area contributed by atoms with Crippen LogP contribution in [-0.4, -0.2) is 35.6 Å². The molecule has 0 saturated heterocycles. The summed E-state index contributed by atoms with van der Waals surface area (Å²) in [6.45, 7) is 4.88. The van der Waals surface area contributed by atoms with Gasteiger partial charge in [0, 0.05) is 18.7 Å². The van der Waals surface area contributed by atoms with Crippen LogP contribution in [0.4, 0.5) is 0 Å². The lowest BCUT2D eigenvalue weighted by Crippen LogP contribution is -2.33. The third-order valence-electron chi connectivity index (χ3n) is 2.30. The zero-order chi connectivity index (χ0) is 11.3. The van der Waals surface area contributed by atoms with Crippen molar-refractivity contribution in [3.05, 3.63) is 35.4 Å². The number of hydrogen-bond acceptors (Lipinski definition) is 2. The number of likely N-dealkylation sites (N-methyl/N-ethyl adjacent to an activating group) is 1. The summed E-state index contributed by atoms with van der Waals surface area (Å²) in [5, 5.41) is 8.82. The van der Waals surface area contributed by atoms with Crippen molar-refractivity contribution in [2.24, 2.45) is 0 Å². The Kier molecular flexibility index (Phi) is 4.31. The van der Waals surface area contributed by atoms with Gasteiger partial charge in [0.2, 0.25) is 0 Å². The smallest absolute Gasteiger partial charge is 0.253 e. The summed E-state index contributed by atoms with van der Waals surface area (Å²) in [6, 6.07) is 7.49. The number of nitrogens with zero attached hydrogens (tertiary/aromatic N) is 1. The van der Waals surface area contributed by atoms with Gasteiger partial charge in [-0.15, -0.1) is 0 Å². The molecule has 15 heavy (non-hydrogen) atoms. The van der Waals surface area contributed by atoms with Crippen LogP contribution in [0.3, 0.4) is 0 Å². The number of amides is 1. The van der Waals surface area contributed by atoms with Gasteiger partial charge >= 0.3 is 0 Å². The van der Waals surface area contributed by atoms with Crippen LogP contribution in [0, 0.1) is 6.92 Å². The van der Waals surface area contributed by atoms with Gasteiger partial charge < -0.3 is 10.0 Å². The standard InChI is InChI=1S/C12H17NO2/c1-3-13(7-8-14)12(15)11-6-4-5-10(2)9-11/h4-6,9,14H,3,7-8H2,1-2H3. The summed E-state index contributed by atoms with van der Waals surface area (Å²) < 4.78 is 0. The Hall–Kier alpha value is -1.35. The summed E-state index contributed by atoms with van der Waals surface area (Å²) in [5.74, 6) is -0.0183. The monoisotopic (exact) mass is 207 g/mol. The van der Waals surface area contributed by atoms with Crippen LogP contribution in [-0.2, 0) is 0 Å². The van der Waals surface area contributed by atoms with E-state index in [4.69, 9.17) is 5.11 Å². The summed E-state index contributed by atoms with van der Waals surface area (Å²) in [4.78, 5) is 13.6. The fourth-order valence-corrected chi connectivity index (χ4v) is 1.48. The molecule has 0 spiro atoms. The van der Waals surface area contributed by atoms with Gasteiger partial charge in [0.05, 0.1) is 6.61 Å². The molecule has 1 amide bonds. The lowest BCUT2D eigenvalue weighted by molar-refractivity contribution is 0.0732. The third-order valence-corrected chi connectivity index (χ3v) is 2.30. The van der Waals surface area contributed by atoms with E-state index in [-0.39, 0.29) is 12.5 Å². The van der Waals surface area contributed by atoms with Crippen LogP contribution in [0.5, 0.6) is 0 Å². The highest BCUT2D eigenvalue weighted by Gasteiger charge is 2.12. The summed E-state index contributed by atoms with van der Waals surface area (Å²) >= 11 is 0. The van der Waals surface area contributed by atoms with Crippen molar-refractivity contribution in [2.75, 3.05) is 19.7 Å². The molecule has 0 atom stereocenters. The van der Waals surface area contributed by atoms with Crippen molar-refractivity contribution >= 4 is 5.91 Å². The van der Waals surface area contributed by atoms with Crippen molar-refractivity contribution in [1.29, 1.82) is 0 Å². The molecule has 0 heterocycles. The maximum Gasteiger partial charge on any atom is 0.253 e. The molecule has 0 aliphatic carbocycles. The maximum atomic E-state index is 11.9. The Morgan fingerprint density at radius 2 is 2.20 bits per heavy atom. The van der Waals surface area contributed by atoms with Gasteiger partial charge in [0.15, 0.2) is 0 Å². The Bertz CT molecular complexity index is 336. The number of aryl methyl sites for hydroxylation is 1. The second-order valence-electron chi connectivity index (χ2n) is 3.48. The van der Waals surface area contributed by atoms with Crippen molar-refractivity contribution in [3.63, 3.8) is 0 Å². The molecule has 3 nitrogen and oxygen atoms in total. The highest BCUT2D eigenvalue weighted by Crippen LogP contribution is 2.07. The number of hydrogen-bond donors (Lipinski definition) is 1. The highest BCUT2D eigenvalue weighted by molar-refractivity contribution is 5.94. The van der Waals surface area contributed by atoms with Gasteiger partial charge in [-0.25, -0.2) is 0 Å². The molecule has 1 aromatic carbocycles. The quantitative estimate of drug-likeness (QED) is 0.811. The topological polar surface area (TPSA) is 40.5 Å². The van der Waals surface area contributed by atoms with Crippen molar-refractivity contribution in [3.8, 4) is 0 Å². The van der Waals surface area contributed by atoms with Crippen LogP contribution < -0.4 is 0 Å². The van der Waals surface area contributed by atoms with Crippen molar-refractivity contribution in [1.82, 2.24) is 4.90 Å². The molecule has 0 bridgehead atoms. The first-order chi connectivity index (χ1) is 7.19. The molecule has 0 fully saturated rings. The number of rotatable bonds is 4. The third kappa shape index (κ3) is 3.06. The first-order valence-corrected chi connectivity index (χ1v) is 5.15. The van der Waals surface area contributed by atoms with E-state index in [1.165, 1.54) is 0 Å². The molecule has 82 valence electrons. The second kappa shape index (κ2) is 5.51. The van der Waals surface area contributed by atoms with E-state index in [2.05, 4.69) is 0 Å². The minimum atomic E-state index is -0.0183. The van der Waals surface area contributed by atoms with Gasteiger partial charge in [-0.1, -0.05) is 17.7 Å². The van der Waals surface area contributed by atoms with Gasteiger partial charge in [-0.2, -0.15) is 0 Å². The van der Waals surface area contributed by atoms with Crippen LogP contribution in [0.25, 0.3) is 0 Å². The molecule has 0 radical (unpaired) electrons. The number of carbonyl (C=O) groups is 1. The first-order valence-electron chi connectivity index (χ1n) is 5.15. The molecule has 1 N–H and O–H groups in total. The largest absolute Gasteiger partial charge is 0.395 e. The molecule has 0 aliphatic heterocycles. The number of aliphatic hydroxyl groups excluding tert-OH is 1. The predicted molar refractivity (Wildman–Crippen MR) is 59.8 cm³/mol. The first kappa shape index (κ1) is 11.7. The average Bonchev–Trinajstić information content (AvgIpc) is 2.25. The highest BCUT2D eigenvalue weighted by atomic mass is 16.3. The summed E-state index contributed by atoms with van der Waals surface area (Å²) in [6.07, 6.45) is 0. The Labute approximate surface area is 90.3 Å². The van der Waals surface area contributed by atoms with Gasteiger partial charge in [-0.05, 0) is 26.0 Å². The number of carbonyl (C=O) groups excluding carboxylic acids is 1. The minimum Gasteiger partial charge on any atom is -0.395 e. The van der Waals surface area contributed by atoms with E-state index in [0.717, 1.165) is 5.56 Å². The lowest BCUT2D eigenvalue weighted by atomic mass is 10.1. The molecular weight excluding hydrogens is 190 g/mol. The van der Waals surface area contributed by atoms with E-state index >= 15 is 0 Å². The zero-order valence-electron chi connectivity index (χ0n) is 9.23. The molecular formula is C12H17NO2. The van der Waals surface area contributed by atoms with E-state index in [0.29, 0.717) is 18.7 Å². The summed E-state index contributed by atoms with van der Waals surface area (Å²) in [7, 11) is 0. The second-order valence-corrected chi connectivity index (χ2v) is 3.48.